The van der Waals surface area contributed by atoms with Crippen LogP contribution in [0.5, 0.6) is 0 Å². The van der Waals surface area contributed by atoms with E-state index in [-0.39, 0.29) is 18.1 Å². The minimum Gasteiger partial charge on any atom is -0.395 e. The lowest BCUT2D eigenvalue weighted by molar-refractivity contribution is -0.432. The molecule has 0 amide bonds. The summed E-state index contributed by atoms with van der Waals surface area (Å²) in [6.45, 7) is 31.4. The third-order valence-corrected chi connectivity index (χ3v) is 16.0. The SMILES string of the molecule is CCCN1CCOCC1.CCN1CCN(CCO)CC1.CCN1CCOCC1.COP=S.O=S(=O)(O)CCCNC1CCCCC1.O=S(=O)(O)CCNC1CCCCC1.O=S(=O)=O.O=S(=O)=O.O=S(=O)=O.OCCN1CCN(CCCSOOO)CC1. The Morgan fingerprint density at radius 3 is 1.18 bits per heavy atom. The zero-order chi connectivity index (χ0) is 66.4. The molecule has 0 aromatic rings. The number of rotatable bonds is 24. The highest BCUT2D eigenvalue weighted by Crippen LogP contribution is 2.18. The van der Waals surface area contributed by atoms with Crippen LogP contribution in [0.1, 0.15) is 104 Å². The maximum Gasteiger partial charge on any atom is 0.425 e. The summed E-state index contributed by atoms with van der Waals surface area (Å²) in [7, 11) is -14.7. The summed E-state index contributed by atoms with van der Waals surface area (Å²) in [5, 5.41) is 35.4. The van der Waals surface area contributed by atoms with Gasteiger partial charge in [-0.3, -0.25) is 28.7 Å². The highest BCUT2D eigenvalue weighted by molar-refractivity contribution is 7.94. The van der Waals surface area contributed by atoms with Gasteiger partial charge >= 0.3 is 31.8 Å². The number of nitrogens with zero attached hydrogens (tertiary/aromatic N) is 6. The summed E-state index contributed by atoms with van der Waals surface area (Å²) < 4.78 is 154. The Balaban J connectivity index is -0.000000456. The Bertz CT molecular complexity index is 2040. The zero-order valence-electron chi connectivity index (χ0n) is 51.4. The normalized spacial score (nSPS) is 18.3. The van der Waals surface area contributed by atoms with E-state index in [0.717, 1.165) is 168 Å². The molecule has 7 N–H and O–H groups in total. The van der Waals surface area contributed by atoms with Gasteiger partial charge < -0.3 is 44.6 Å². The zero-order valence-corrected chi connectivity index (χ0v) is 58.0. The molecule has 6 fully saturated rings. The number of ether oxygens (including phenoxy) is 2. The molecule has 0 aromatic heterocycles. The van der Waals surface area contributed by atoms with E-state index in [4.69, 9.17) is 71.9 Å². The van der Waals surface area contributed by atoms with Crippen LogP contribution in [0.25, 0.3) is 0 Å². The van der Waals surface area contributed by atoms with E-state index >= 15 is 0 Å². The molecule has 0 bridgehead atoms. The van der Waals surface area contributed by atoms with Gasteiger partial charge in [0.2, 0.25) is 0 Å². The number of β-amino-alcohol motifs (C(OH)–C–C–N with tert-alkyl or cyclic N) is 2. The average Bonchev–Trinajstić information content (AvgIpc) is 3.50. The van der Waals surface area contributed by atoms with Crippen molar-refractivity contribution in [1.82, 2.24) is 40.0 Å². The summed E-state index contributed by atoms with van der Waals surface area (Å²) in [6.07, 6.45) is 15.0. The second-order valence-corrected chi connectivity index (χ2v) is 25.7. The molecule has 39 heteroatoms. The van der Waals surface area contributed by atoms with Crippen LogP contribution in [0.3, 0.4) is 0 Å². The van der Waals surface area contributed by atoms with Crippen LogP contribution in [0.4, 0.5) is 0 Å². The van der Waals surface area contributed by atoms with Gasteiger partial charge in [-0.25, -0.2) is 5.26 Å². The van der Waals surface area contributed by atoms with Gasteiger partial charge in [0, 0.05) is 135 Å². The molecule has 4 aliphatic heterocycles. The van der Waals surface area contributed by atoms with E-state index < -0.39 is 52.1 Å². The third kappa shape index (κ3) is 77.3. The van der Waals surface area contributed by atoms with Crippen LogP contribution in [-0.4, -0.2) is 316 Å². The van der Waals surface area contributed by atoms with Crippen LogP contribution < -0.4 is 10.6 Å². The number of hydrogen-bond donors (Lipinski definition) is 7. The Morgan fingerprint density at radius 1 is 0.529 bits per heavy atom. The van der Waals surface area contributed by atoms with Crippen molar-refractivity contribution in [3.8, 4) is 0 Å². The van der Waals surface area contributed by atoms with Crippen LogP contribution in [0.15, 0.2) is 0 Å². The van der Waals surface area contributed by atoms with Gasteiger partial charge in [0.05, 0.1) is 51.1 Å². The Hall–Kier alpha value is -1.09. The number of nitrogens with one attached hydrogen (secondary N) is 2. The number of piperazine rings is 2. The quantitative estimate of drug-likeness (QED) is 0.0174. The fraction of sp³-hybridized carbons (Fsp3) is 1.00. The van der Waals surface area contributed by atoms with Crippen LogP contribution >= 0.6 is 19.6 Å². The second-order valence-electron chi connectivity index (χ2n) is 19.6. The average molecular weight is 1420 g/mol. The minimum atomic E-state index is -3.79. The van der Waals surface area contributed by atoms with E-state index in [0.29, 0.717) is 45.8 Å². The molecule has 4 heterocycles. The fourth-order valence-corrected chi connectivity index (χ4v) is 10.1. The van der Waals surface area contributed by atoms with Crippen LogP contribution in [0.2, 0.25) is 0 Å². The van der Waals surface area contributed by atoms with E-state index in [9.17, 15) is 16.8 Å². The molecular weight excluding hydrogens is 1310 g/mol. The first kappa shape index (κ1) is 92.3. The summed E-state index contributed by atoms with van der Waals surface area (Å²) in [5.41, 5.74) is 0. The van der Waals surface area contributed by atoms with Gasteiger partial charge in [-0.1, -0.05) is 64.3 Å². The van der Waals surface area contributed by atoms with Crippen molar-refractivity contribution in [2.24, 2.45) is 0 Å². The molecule has 0 aromatic carbocycles. The van der Waals surface area contributed by atoms with Crippen molar-refractivity contribution in [1.29, 1.82) is 0 Å². The smallest absolute Gasteiger partial charge is 0.395 e. The van der Waals surface area contributed by atoms with Crippen molar-refractivity contribution in [3.63, 3.8) is 0 Å². The number of aliphatic hydroxyl groups excluding tert-OH is 2. The predicted molar refractivity (Wildman–Crippen MR) is 336 cm³/mol. The lowest BCUT2D eigenvalue weighted by Gasteiger charge is -2.34. The van der Waals surface area contributed by atoms with Gasteiger partial charge in [-0.2, -0.15) is 16.8 Å². The van der Waals surface area contributed by atoms with E-state index in [2.05, 4.69) is 86.5 Å². The summed E-state index contributed by atoms with van der Waals surface area (Å²) in [6, 6.07) is 1.01. The van der Waals surface area contributed by atoms with Crippen molar-refractivity contribution in [2.45, 2.75) is 116 Å². The maximum absolute atomic E-state index is 10.4. The first-order valence-corrected chi connectivity index (χ1v) is 38.2. The third-order valence-electron chi connectivity index (χ3n) is 13.3. The number of hydrogen-bond acceptors (Lipinski definition) is 31. The molecule has 0 atom stereocenters. The molecule has 6 rings (SSSR count). The molecule has 2 aliphatic carbocycles. The first-order valence-electron chi connectivity index (χ1n) is 29.2. The minimum absolute atomic E-state index is 0.132. The van der Waals surface area contributed by atoms with Crippen LogP contribution in [-0.2, 0) is 87.2 Å². The molecule has 2 saturated carbocycles. The fourth-order valence-electron chi connectivity index (χ4n) is 8.88. The first-order chi connectivity index (χ1) is 41.4. The lowest BCUT2D eigenvalue weighted by Crippen LogP contribution is -2.47. The summed E-state index contributed by atoms with van der Waals surface area (Å²) >= 11 is 5.41. The number of likely N-dealkylation sites (N-methyl/N-ethyl adjacent to an activating group) is 2. The van der Waals surface area contributed by atoms with Gasteiger partial charge in [0.25, 0.3) is 20.2 Å². The highest BCUT2D eigenvalue weighted by atomic mass is 32.4. The number of aliphatic hydroxyl groups is 2. The Labute approximate surface area is 534 Å². The monoisotopic (exact) mass is 1420 g/mol. The molecule has 522 valence electrons. The van der Waals surface area contributed by atoms with Gasteiger partial charge in [0.15, 0.2) is 0 Å². The topological polar surface area (TPSA) is 413 Å². The largest absolute Gasteiger partial charge is 0.425 e. The van der Waals surface area contributed by atoms with Crippen molar-refractivity contribution in [2.75, 3.05) is 195 Å². The summed E-state index contributed by atoms with van der Waals surface area (Å²) in [4.78, 5) is 14.3. The Morgan fingerprint density at radius 2 is 0.862 bits per heavy atom. The molecular formula is C48H105N8O23PS7. The highest BCUT2D eigenvalue weighted by Gasteiger charge is 2.18. The standard InChI is InChI=1S/C9H20N2O4S.C9H19NO3S.C8H18N2O.C8H17NO3S.C7H15NO.C6H13NO.CH3OPS.3O3S/c12-8-7-11-5-3-10(4-6-11)2-1-9-16-15-14-13;11-14(12,13)8-4-7-10-9-5-2-1-3-6-9;1-2-9-3-5-10(6-4-9)7-8-11;10-13(11,12)7-6-9-8-4-2-1-3-5-8;1-2-3-8-4-6-9-7-5-8;1-2-7-3-5-8-6-4-7;1-2-3-4;3*1-4(2)3/h12-13H,1-9H2;9-10H,1-8H2,(H,11,12,13);11H,2-8H2,1H3;8-9H,1-7H2,(H,10,11,12);2-7H2,1H3;2-6H2,1H3;1H3;;;. The van der Waals surface area contributed by atoms with E-state index in [1.807, 2.05) is 0 Å². The molecule has 0 spiro atoms. The lowest BCUT2D eigenvalue weighted by atomic mass is 9.95. The molecule has 0 radical (unpaired) electrons. The maximum atomic E-state index is 10.4. The molecule has 6 aliphatic rings. The number of morpholine rings is 2. The van der Waals surface area contributed by atoms with Crippen LogP contribution in [0, 0.1) is 0 Å². The predicted octanol–water partition coefficient (Wildman–Crippen LogP) is 0.666. The molecule has 87 heavy (non-hydrogen) atoms. The second kappa shape index (κ2) is 66.4. The molecule has 0 unspecified atom stereocenters. The van der Waals surface area contributed by atoms with Gasteiger partial charge in [-0.15, -0.1) is 42.2 Å². The van der Waals surface area contributed by atoms with Crippen molar-refractivity contribution >= 4 is 83.5 Å². The van der Waals surface area contributed by atoms with Gasteiger partial charge in [-0.05, 0) is 89.5 Å². The Kier molecular flexibility index (Phi) is 70.4. The summed E-state index contributed by atoms with van der Waals surface area (Å²) in [5.74, 6) is 0.494. The molecule has 4 saturated heterocycles. The van der Waals surface area contributed by atoms with Gasteiger partial charge in [0.1, 0.15) is 7.58 Å². The van der Waals surface area contributed by atoms with Crippen molar-refractivity contribution < 1.29 is 103 Å². The molecule has 31 nitrogen and oxygen atoms in total. The van der Waals surface area contributed by atoms with E-state index in [1.165, 1.54) is 70.9 Å². The van der Waals surface area contributed by atoms with Crippen molar-refractivity contribution in [3.05, 3.63) is 0 Å². The van der Waals surface area contributed by atoms with E-state index in [1.54, 1.807) is 7.11 Å².